The molecule has 0 aromatic heterocycles. The normalized spacial score (nSPS) is 19.4. The number of allylic oxidation sites excluding steroid dienone is 5. The molecule has 2 aliphatic rings. The first-order valence-electron chi connectivity index (χ1n) is 16.8. The van der Waals surface area contributed by atoms with E-state index in [-0.39, 0.29) is 30.7 Å². The van der Waals surface area contributed by atoms with Crippen molar-refractivity contribution < 1.29 is 38.3 Å². The van der Waals surface area contributed by atoms with Crippen LogP contribution in [0, 0.1) is 11.3 Å². The van der Waals surface area contributed by atoms with E-state index in [4.69, 9.17) is 4.74 Å². The summed E-state index contributed by atoms with van der Waals surface area (Å²) in [5, 5.41) is 10.2. The second-order valence-corrected chi connectivity index (χ2v) is 14.2. The monoisotopic (exact) mass is 686 g/mol. The van der Waals surface area contributed by atoms with Crippen LogP contribution in [-0.4, -0.2) is 103 Å². The van der Waals surface area contributed by atoms with Crippen molar-refractivity contribution in [3.8, 4) is 0 Å². The average molecular weight is 687 g/mol. The standard InChI is InChI=1S/C35H54N6O8/c1-10-14-24(28(43)31(45)36-19-26(42)38-27(32(46)40(8)9)23-15-12-11-13-16-23)37-30(44)25-18-17-22(4)41(25)33(47)29(35(5,6)7)39-34(48)49-20-21(2)3/h11-13,15,21-22,24-25,29H,10,14,16-20H2,1-9H3,(H,36,45)(H,37,44)(H,38,42)(H,39,48)/t22-,24?,25-,29+/m0/s1. The minimum Gasteiger partial charge on any atom is -0.449 e. The van der Waals surface area contributed by atoms with E-state index in [2.05, 4.69) is 21.3 Å². The molecule has 0 aromatic rings. The third-order valence-corrected chi connectivity index (χ3v) is 8.08. The van der Waals surface area contributed by atoms with Crippen LogP contribution in [0.2, 0.25) is 0 Å². The van der Waals surface area contributed by atoms with Crippen molar-refractivity contribution in [1.82, 2.24) is 31.1 Å². The molecule has 272 valence electrons. The summed E-state index contributed by atoms with van der Waals surface area (Å²) in [6, 6.07) is -3.47. The van der Waals surface area contributed by atoms with Gasteiger partial charge >= 0.3 is 6.09 Å². The van der Waals surface area contributed by atoms with Gasteiger partial charge in [0, 0.05) is 20.1 Å². The van der Waals surface area contributed by atoms with Gasteiger partial charge in [0.1, 0.15) is 17.8 Å². The number of nitrogens with zero attached hydrogens (tertiary/aromatic N) is 2. The van der Waals surface area contributed by atoms with Gasteiger partial charge in [0.15, 0.2) is 0 Å². The third-order valence-electron chi connectivity index (χ3n) is 8.08. The lowest BCUT2D eigenvalue weighted by atomic mass is 9.85. The lowest BCUT2D eigenvalue weighted by Crippen LogP contribution is -2.60. The molecule has 14 heteroatoms. The maximum atomic E-state index is 13.9. The fourth-order valence-corrected chi connectivity index (χ4v) is 5.42. The first-order valence-corrected chi connectivity index (χ1v) is 16.8. The van der Waals surface area contributed by atoms with Gasteiger partial charge in [-0.1, -0.05) is 72.3 Å². The molecule has 0 saturated carbocycles. The quantitative estimate of drug-likeness (QED) is 0.158. The Morgan fingerprint density at radius 1 is 1.02 bits per heavy atom. The largest absolute Gasteiger partial charge is 0.449 e. The number of carbonyl (C=O) groups is 7. The smallest absolute Gasteiger partial charge is 0.407 e. The Morgan fingerprint density at radius 3 is 2.24 bits per heavy atom. The van der Waals surface area contributed by atoms with Crippen LogP contribution in [-0.2, 0) is 33.5 Å². The van der Waals surface area contributed by atoms with Gasteiger partial charge in [-0.2, -0.15) is 0 Å². The highest BCUT2D eigenvalue weighted by Gasteiger charge is 2.45. The fourth-order valence-electron chi connectivity index (χ4n) is 5.42. The van der Waals surface area contributed by atoms with Gasteiger partial charge in [-0.3, -0.25) is 28.8 Å². The van der Waals surface area contributed by atoms with E-state index < -0.39 is 71.5 Å². The van der Waals surface area contributed by atoms with E-state index >= 15 is 0 Å². The number of ether oxygens (including phenoxy) is 1. The van der Waals surface area contributed by atoms with E-state index in [1.54, 1.807) is 53.9 Å². The van der Waals surface area contributed by atoms with Crippen molar-refractivity contribution >= 4 is 41.4 Å². The predicted molar refractivity (Wildman–Crippen MR) is 184 cm³/mol. The molecule has 49 heavy (non-hydrogen) atoms. The van der Waals surface area contributed by atoms with Crippen LogP contribution in [0.15, 0.2) is 35.6 Å². The summed E-state index contributed by atoms with van der Waals surface area (Å²) >= 11 is 0. The highest BCUT2D eigenvalue weighted by atomic mass is 16.5. The Labute approximate surface area is 289 Å². The Balaban J connectivity index is 2.13. The Bertz CT molecular complexity index is 1360. The summed E-state index contributed by atoms with van der Waals surface area (Å²) < 4.78 is 5.25. The minimum atomic E-state index is -1.21. The first-order chi connectivity index (χ1) is 22.9. The van der Waals surface area contributed by atoms with Gasteiger partial charge in [-0.15, -0.1) is 0 Å². The molecule has 14 nitrogen and oxygen atoms in total. The molecular formula is C35H54N6O8. The Hall–Kier alpha value is -4.49. The molecule has 1 unspecified atom stereocenters. The highest BCUT2D eigenvalue weighted by Crippen LogP contribution is 2.29. The molecule has 0 spiro atoms. The zero-order valence-electron chi connectivity index (χ0n) is 30.3. The number of alkyl carbamates (subject to hydrolysis) is 1. The fraction of sp³-hybridized carbons (Fsp3) is 0.629. The Morgan fingerprint density at radius 2 is 1.69 bits per heavy atom. The van der Waals surface area contributed by atoms with Crippen molar-refractivity contribution in [3.63, 3.8) is 0 Å². The molecule has 1 heterocycles. The number of ketones is 1. The molecule has 0 radical (unpaired) electrons. The molecule has 4 N–H and O–H groups in total. The maximum absolute atomic E-state index is 13.9. The molecule has 1 fully saturated rings. The summed E-state index contributed by atoms with van der Waals surface area (Å²) in [4.78, 5) is 94.5. The van der Waals surface area contributed by atoms with Crippen LogP contribution in [0.3, 0.4) is 0 Å². The number of nitrogens with one attached hydrogen (secondary N) is 4. The van der Waals surface area contributed by atoms with Crippen molar-refractivity contribution in [2.24, 2.45) is 11.3 Å². The zero-order chi connectivity index (χ0) is 37.1. The lowest BCUT2D eigenvalue weighted by molar-refractivity contribution is -0.145. The second-order valence-electron chi connectivity index (χ2n) is 14.2. The van der Waals surface area contributed by atoms with Crippen LogP contribution in [0.25, 0.3) is 0 Å². The number of hydrogen-bond acceptors (Lipinski definition) is 8. The summed E-state index contributed by atoms with van der Waals surface area (Å²) in [6.45, 7) is 12.4. The van der Waals surface area contributed by atoms with Crippen molar-refractivity contribution in [2.75, 3.05) is 27.2 Å². The number of rotatable bonds is 14. The van der Waals surface area contributed by atoms with Crippen molar-refractivity contribution in [3.05, 3.63) is 35.6 Å². The highest BCUT2D eigenvalue weighted by molar-refractivity contribution is 6.38. The molecule has 1 aliphatic carbocycles. The molecule has 0 bridgehead atoms. The minimum absolute atomic E-state index is 0.0635. The second kappa shape index (κ2) is 18.3. The van der Waals surface area contributed by atoms with Crippen LogP contribution < -0.4 is 21.3 Å². The summed E-state index contributed by atoms with van der Waals surface area (Å²) in [6.07, 6.45) is 8.22. The van der Waals surface area contributed by atoms with E-state index in [0.717, 1.165) is 0 Å². The lowest BCUT2D eigenvalue weighted by Gasteiger charge is -2.37. The van der Waals surface area contributed by atoms with Crippen LogP contribution in [0.1, 0.15) is 80.6 Å². The number of likely N-dealkylation sites (N-methyl/N-ethyl adjacent to an activating group) is 1. The van der Waals surface area contributed by atoms with Gasteiger partial charge < -0.3 is 35.8 Å². The maximum Gasteiger partial charge on any atom is 0.407 e. The van der Waals surface area contributed by atoms with Crippen LogP contribution in [0.5, 0.6) is 0 Å². The van der Waals surface area contributed by atoms with Gasteiger partial charge in [-0.25, -0.2) is 4.79 Å². The topological polar surface area (TPSA) is 183 Å². The van der Waals surface area contributed by atoms with Crippen molar-refractivity contribution in [2.45, 2.75) is 105 Å². The molecule has 6 amide bonds. The number of Topliss-reactive ketones (excluding diaryl/α,β-unsaturated/α-hetero) is 1. The summed E-state index contributed by atoms with van der Waals surface area (Å²) in [5.41, 5.74) is -0.0654. The number of hydrogen-bond donors (Lipinski definition) is 4. The average Bonchev–Trinajstić information content (AvgIpc) is 3.43. The van der Waals surface area contributed by atoms with E-state index in [0.29, 0.717) is 31.3 Å². The molecule has 4 atom stereocenters. The van der Waals surface area contributed by atoms with Gasteiger partial charge in [0.25, 0.3) is 11.8 Å². The number of likely N-dealkylation sites (tertiary alicyclic amines) is 1. The van der Waals surface area contributed by atoms with E-state index in [1.807, 2.05) is 32.9 Å². The molecule has 2 rings (SSSR count). The SMILES string of the molecule is CCCC(NC(=O)[C@@H]1CC[C@H](C)N1C(=O)[C@@H](NC(=O)OCC(C)C)C(C)(C)C)C(=O)C(=O)NCC(=O)NC(C(=O)N(C)C)=C1C=CC=CC1. The summed E-state index contributed by atoms with van der Waals surface area (Å²) in [7, 11) is 3.10. The molecule has 1 saturated heterocycles. The Kier molecular flexibility index (Phi) is 15.2. The van der Waals surface area contributed by atoms with Crippen LogP contribution in [0.4, 0.5) is 4.79 Å². The van der Waals surface area contributed by atoms with Gasteiger partial charge in [0.2, 0.25) is 23.5 Å². The predicted octanol–water partition coefficient (Wildman–Crippen LogP) is 2.11. The van der Waals surface area contributed by atoms with Gasteiger partial charge in [-0.05, 0) is 49.5 Å². The van der Waals surface area contributed by atoms with Gasteiger partial charge in [0.05, 0.1) is 19.2 Å². The van der Waals surface area contributed by atoms with E-state index in [9.17, 15) is 33.6 Å². The molecular weight excluding hydrogens is 632 g/mol. The van der Waals surface area contributed by atoms with Crippen molar-refractivity contribution in [1.29, 1.82) is 0 Å². The molecule has 1 aliphatic heterocycles. The number of amides is 6. The van der Waals surface area contributed by atoms with Crippen LogP contribution >= 0.6 is 0 Å². The third kappa shape index (κ3) is 11.9. The molecule has 0 aromatic carbocycles. The zero-order valence-corrected chi connectivity index (χ0v) is 30.3. The summed E-state index contributed by atoms with van der Waals surface area (Å²) in [5.74, 6) is -4.11. The first kappa shape index (κ1) is 40.7. The number of carbonyl (C=O) groups excluding carboxylic acids is 7. The van der Waals surface area contributed by atoms with E-state index in [1.165, 1.54) is 9.80 Å².